The predicted molar refractivity (Wildman–Crippen MR) is 111 cm³/mol. The number of benzene rings is 1. The number of methoxy groups -OCH3 is 1. The molecule has 0 aliphatic heterocycles. The van der Waals surface area contributed by atoms with Crippen LogP contribution in [0.25, 0.3) is 10.9 Å². The summed E-state index contributed by atoms with van der Waals surface area (Å²) in [5.41, 5.74) is 4.28. The molecule has 0 amide bonds. The van der Waals surface area contributed by atoms with Crippen LogP contribution in [0.4, 0.5) is 11.6 Å². The standard InChI is InChI=1S/C22H28N4O/c1-21(2,3)16-13-18(22(4,5)6)25-17-12-14(8-9-15(16)17)24-20-23-11-10-19(26-20)27-7/h8-13H,1-7H3,(H,23,24,26). The molecule has 2 aromatic heterocycles. The lowest BCUT2D eigenvalue weighted by molar-refractivity contribution is 0.397. The summed E-state index contributed by atoms with van der Waals surface area (Å²) in [5.74, 6) is 1.02. The number of ether oxygens (including phenoxy) is 1. The molecule has 0 bridgehead atoms. The van der Waals surface area contributed by atoms with Gasteiger partial charge in [-0.15, -0.1) is 0 Å². The fourth-order valence-corrected chi connectivity index (χ4v) is 2.96. The Labute approximate surface area is 161 Å². The highest BCUT2D eigenvalue weighted by Crippen LogP contribution is 2.34. The quantitative estimate of drug-likeness (QED) is 0.677. The molecule has 2 heterocycles. The Morgan fingerprint density at radius 2 is 1.63 bits per heavy atom. The van der Waals surface area contributed by atoms with Gasteiger partial charge in [0.15, 0.2) is 0 Å². The van der Waals surface area contributed by atoms with E-state index >= 15 is 0 Å². The molecule has 0 atom stereocenters. The van der Waals surface area contributed by atoms with Crippen LogP contribution < -0.4 is 10.1 Å². The lowest BCUT2D eigenvalue weighted by Gasteiger charge is -2.26. The van der Waals surface area contributed by atoms with Gasteiger partial charge in [0.05, 0.1) is 12.6 Å². The van der Waals surface area contributed by atoms with Gasteiger partial charge in [-0.1, -0.05) is 47.6 Å². The van der Waals surface area contributed by atoms with Crippen molar-refractivity contribution in [2.45, 2.75) is 52.4 Å². The van der Waals surface area contributed by atoms with E-state index in [1.807, 2.05) is 6.07 Å². The van der Waals surface area contributed by atoms with Crippen LogP contribution >= 0.6 is 0 Å². The molecule has 142 valence electrons. The number of nitrogens with one attached hydrogen (secondary N) is 1. The van der Waals surface area contributed by atoms with E-state index in [0.717, 1.165) is 16.9 Å². The van der Waals surface area contributed by atoms with Crippen molar-refractivity contribution >= 4 is 22.5 Å². The molecule has 27 heavy (non-hydrogen) atoms. The van der Waals surface area contributed by atoms with Crippen molar-refractivity contribution in [2.75, 3.05) is 12.4 Å². The van der Waals surface area contributed by atoms with Gasteiger partial charge in [0, 0.05) is 34.4 Å². The van der Waals surface area contributed by atoms with Gasteiger partial charge in [0.25, 0.3) is 0 Å². The smallest absolute Gasteiger partial charge is 0.230 e. The van der Waals surface area contributed by atoms with Crippen LogP contribution in [0.3, 0.4) is 0 Å². The summed E-state index contributed by atoms with van der Waals surface area (Å²) >= 11 is 0. The van der Waals surface area contributed by atoms with Gasteiger partial charge < -0.3 is 10.1 Å². The average molecular weight is 364 g/mol. The number of hydrogen-bond acceptors (Lipinski definition) is 5. The molecule has 0 aliphatic rings. The van der Waals surface area contributed by atoms with Gasteiger partial charge in [-0.2, -0.15) is 4.98 Å². The zero-order chi connectivity index (χ0) is 19.8. The minimum Gasteiger partial charge on any atom is -0.481 e. The number of rotatable bonds is 3. The molecule has 3 aromatic rings. The number of nitrogens with zero attached hydrogens (tertiary/aromatic N) is 3. The average Bonchev–Trinajstić information content (AvgIpc) is 2.59. The van der Waals surface area contributed by atoms with Crippen LogP contribution in [0.2, 0.25) is 0 Å². The Kier molecular flexibility index (Phi) is 4.81. The van der Waals surface area contributed by atoms with E-state index in [1.165, 1.54) is 10.9 Å². The van der Waals surface area contributed by atoms with E-state index in [0.29, 0.717) is 11.8 Å². The van der Waals surface area contributed by atoms with Crippen LogP contribution in [0, 0.1) is 0 Å². The Morgan fingerprint density at radius 1 is 0.889 bits per heavy atom. The molecule has 0 aliphatic carbocycles. The third-order valence-electron chi connectivity index (χ3n) is 4.48. The molecule has 1 N–H and O–H groups in total. The summed E-state index contributed by atoms with van der Waals surface area (Å²) in [6, 6.07) is 10.2. The largest absolute Gasteiger partial charge is 0.481 e. The van der Waals surface area contributed by atoms with Gasteiger partial charge in [-0.05, 0) is 29.2 Å². The van der Waals surface area contributed by atoms with Gasteiger partial charge in [0.2, 0.25) is 11.8 Å². The third-order valence-corrected chi connectivity index (χ3v) is 4.48. The maximum absolute atomic E-state index is 5.17. The van der Waals surface area contributed by atoms with Crippen molar-refractivity contribution in [3.05, 3.63) is 47.8 Å². The molecule has 3 rings (SSSR count). The molecule has 5 heteroatoms. The SMILES string of the molecule is COc1ccnc(Nc2ccc3c(C(C)(C)C)cc(C(C)(C)C)nc3c2)n1. The fourth-order valence-electron chi connectivity index (χ4n) is 2.96. The second kappa shape index (κ2) is 6.80. The van der Waals surface area contributed by atoms with Gasteiger partial charge in [0.1, 0.15) is 0 Å². The van der Waals surface area contributed by atoms with E-state index in [1.54, 1.807) is 19.4 Å². The van der Waals surface area contributed by atoms with Crippen LogP contribution in [-0.2, 0) is 10.8 Å². The first-order valence-corrected chi connectivity index (χ1v) is 9.18. The van der Waals surface area contributed by atoms with E-state index in [9.17, 15) is 0 Å². The highest BCUT2D eigenvalue weighted by atomic mass is 16.5. The maximum Gasteiger partial charge on any atom is 0.230 e. The minimum atomic E-state index is -0.0203. The van der Waals surface area contributed by atoms with E-state index < -0.39 is 0 Å². The Morgan fingerprint density at radius 3 is 2.26 bits per heavy atom. The van der Waals surface area contributed by atoms with Gasteiger partial charge in [-0.3, -0.25) is 4.98 Å². The molecule has 5 nitrogen and oxygen atoms in total. The Bertz CT molecular complexity index is 968. The molecule has 0 saturated carbocycles. The molecule has 1 aromatic carbocycles. The van der Waals surface area contributed by atoms with E-state index in [4.69, 9.17) is 9.72 Å². The molecule has 0 fully saturated rings. The first-order valence-electron chi connectivity index (χ1n) is 9.18. The Balaban J connectivity index is 2.10. The Hall–Kier alpha value is -2.69. The summed E-state index contributed by atoms with van der Waals surface area (Å²) in [5, 5.41) is 4.42. The maximum atomic E-state index is 5.17. The highest BCUT2D eigenvalue weighted by Gasteiger charge is 2.23. The summed E-state index contributed by atoms with van der Waals surface area (Å²) in [7, 11) is 1.59. The molecule has 0 saturated heterocycles. The third kappa shape index (κ3) is 4.18. The summed E-state index contributed by atoms with van der Waals surface area (Å²) in [6.07, 6.45) is 1.67. The summed E-state index contributed by atoms with van der Waals surface area (Å²) in [4.78, 5) is 13.5. The van der Waals surface area contributed by atoms with Crippen molar-refractivity contribution in [2.24, 2.45) is 0 Å². The van der Waals surface area contributed by atoms with Crippen LogP contribution in [-0.4, -0.2) is 22.1 Å². The molecule has 0 radical (unpaired) electrons. The van der Waals surface area contributed by atoms with Crippen molar-refractivity contribution in [1.29, 1.82) is 0 Å². The van der Waals surface area contributed by atoms with E-state index in [2.05, 4.69) is 75.0 Å². The second-order valence-electron chi connectivity index (χ2n) is 8.83. The van der Waals surface area contributed by atoms with Crippen molar-refractivity contribution in [1.82, 2.24) is 15.0 Å². The molecular weight excluding hydrogens is 336 g/mol. The van der Waals surface area contributed by atoms with E-state index in [-0.39, 0.29) is 10.8 Å². The fraction of sp³-hybridized carbons (Fsp3) is 0.409. The molecule has 0 spiro atoms. The number of hydrogen-bond donors (Lipinski definition) is 1. The lowest BCUT2D eigenvalue weighted by Crippen LogP contribution is -2.18. The number of anilines is 2. The van der Waals surface area contributed by atoms with Crippen LogP contribution in [0.1, 0.15) is 52.8 Å². The number of fused-ring (bicyclic) bond motifs is 1. The first-order chi connectivity index (χ1) is 12.6. The van der Waals surface area contributed by atoms with Crippen LogP contribution in [0.15, 0.2) is 36.5 Å². The second-order valence-corrected chi connectivity index (χ2v) is 8.83. The van der Waals surface area contributed by atoms with Gasteiger partial charge >= 0.3 is 0 Å². The lowest BCUT2D eigenvalue weighted by atomic mass is 9.81. The highest BCUT2D eigenvalue weighted by molar-refractivity contribution is 5.87. The summed E-state index contributed by atoms with van der Waals surface area (Å²) in [6.45, 7) is 13.3. The minimum absolute atomic E-state index is 0.0203. The monoisotopic (exact) mass is 364 g/mol. The van der Waals surface area contributed by atoms with Gasteiger partial charge in [-0.25, -0.2) is 4.98 Å². The van der Waals surface area contributed by atoms with Crippen molar-refractivity contribution in [3.63, 3.8) is 0 Å². The van der Waals surface area contributed by atoms with Crippen molar-refractivity contribution < 1.29 is 4.74 Å². The topological polar surface area (TPSA) is 59.9 Å². The zero-order valence-electron chi connectivity index (χ0n) is 17.2. The van der Waals surface area contributed by atoms with Crippen molar-refractivity contribution in [3.8, 4) is 5.88 Å². The van der Waals surface area contributed by atoms with Crippen LogP contribution in [0.5, 0.6) is 5.88 Å². The summed E-state index contributed by atoms with van der Waals surface area (Å²) < 4.78 is 5.17. The number of pyridine rings is 1. The normalized spacial score (nSPS) is 12.3. The first kappa shape index (κ1) is 19.1. The molecule has 0 unspecified atom stereocenters. The number of aromatic nitrogens is 3. The molecular formula is C22H28N4O. The predicted octanol–water partition coefficient (Wildman–Crippen LogP) is 5.37. The zero-order valence-corrected chi connectivity index (χ0v) is 17.2.